The minimum atomic E-state index is 0. The van der Waals surface area contributed by atoms with E-state index in [-0.39, 0.29) is 30.6 Å². The van der Waals surface area contributed by atoms with Crippen LogP contribution in [-0.4, -0.2) is 50.8 Å². The summed E-state index contributed by atoms with van der Waals surface area (Å²) in [5.41, 5.74) is 2.44. The molecular formula is C25H33IN4O2. The maximum absolute atomic E-state index is 5.59. The molecule has 0 spiro atoms. The topological polar surface area (TPSA) is 58.1 Å². The lowest BCUT2D eigenvalue weighted by atomic mass is 10.0. The highest BCUT2D eigenvalue weighted by Gasteiger charge is 2.20. The molecule has 3 rings (SSSR count). The highest BCUT2D eigenvalue weighted by atomic mass is 127. The standard InChI is InChI=1S/C25H32N4O2.HI/c1-4-16-31-24-17-21(10-11-23(24)30-3)18-27-25(26-2)28-22-12-14-29(15-13-22)19-20-8-6-5-7-9-20;/h1,5-11,17,22H,12-16,18-19H2,2-3H3,(H2,26,27,28);1H. The van der Waals surface area contributed by atoms with Gasteiger partial charge in [0, 0.05) is 39.3 Å². The quantitative estimate of drug-likeness (QED) is 0.228. The molecule has 1 aliphatic heterocycles. The number of hydrogen-bond acceptors (Lipinski definition) is 4. The molecule has 0 atom stereocenters. The Kier molecular flexibility index (Phi) is 11.2. The third-order valence-corrected chi connectivity index (χ3v) is 5.40. The van der Waals surface area contributed by atoms with Crippen LogP contribution in [0.1, 0.15) is 24.0 Å². The number of rotatable bonds is 8. The van der Waals surface area contributed by atoms with Crippen LogP contribution in [0.5, 0.6) is 11.5 Å². The monoisotopic (exact) mass is 548 g/mol. The molecule has 2 aromatic rings. The molecule has 0 aromatic heterocycles. The zero-order valence-electron chi connectivity index (χ0n) is 18.8. The molecule has 0 unspecified atom stereocenters. The second kappa shape index (κ2) is 13.9. The summed E-state index contributed by atoms with van der Waals surface area (Å²) in [4.78, 5) is 6.90. The Balaban J connectivity index is 0.00000363. The summed E-state index contributed by atoms with van der Waals surface area (Å²) >= 11 is 0. The van der Waals surface area contributed by atoms with Crippen molar-refractivity contribution in [3.63, 3.8) is 0 Å². The molecule has 6 nitrogen and oxygen atoms in total. The summed E-state index contributed by atoms with van der Waals surface area (Å²) in [7, 11) is 3.42. The van der Waals surface area contributed by atoms with E-state index in [9.17, 15) is 0 Å². The fourth-order valence-electron chi connectivity index (χ4n) is 3.71. The molecule has 0 saturated carbocycles. The van der Waals surface area contributed by atoms with E-state index in [0.717, 1.165) is 44.0 Å². The highest BCUT2D eigenvalue weighted by molar-refractivity contribution is 14.0. The third-order valence-electron chi connectivity index (χ3n) is 5.40. The molecule has 32 heavy (non-hydrogen) atoms. The van der Waals surface area contributed by atoms with Gasteiger partial charge in [0.05, 0.1) is 7.11 Å². The average molecular weight is 548 g/mol. The van der Waals surface area contributed by atoms with Crippen LogP contribution in [0.2, 0.25) is 0 Å². The smallest absolute Gasteiger partial charge is 0.191 e. The molecule has 0 bridgehead atoms. The molecule has 1 heterocycles. The Morgan fingerprint density at radius 1 is 1.12 bits per heavy atom. The number of benzene rings is 2. The van der Waals surface area contributed by atoms with Crippen molar-refractivity contribution < 1.29 is 9.47 Å². The van der Waals surface area contributed by atoms with E-state index in [2.05, 4.69) is 56.8 Å². The maximum Gasteiger partial charge on any atom is 0.191 e. The lowest BCUT2D eigenvalue weighted by Gasteiger charge is -2.33. The Morgan fingerprint density at radius 2 is 1.88 bits per heavy atom. The largest absolute Gasteiger partial charge is 0.493 e. The first-order valence-electron chi connectivity index (χ1n) is 10.7. The predicted molar refractivity (Wildman–Crippen MR) is 141 cm³/mol. The molecule has 1 saturated heterocycles. The van der Waals surface area contributed by atoms with Crippen LogP contribution in [-0.2, 0) is 13.1 Å². The fourth-order valence-corrected chi connectivity index (χ4v) is 3.71. The number of guanidine groups is 1. The van der Waals surface area contributed by atoms with E-state index >= 15 is 0 Å². The van der Waals surface area contributed by atoms with Crippen molar-refractivity contribution in [2.75, 3.05) is 33.9 Å². The second-order valence-corrected chi connectivity index (χ2v) is 7.58. The van der Waals surface area contributed by atoms with E-state index in [1.807, 2.05) is 18.2 Å². The molecule has 2 aromatic carbocycles. The molecule has 0 aliphatic carbocycles. The minimum Gasteiger partial charge on any atom is -0.493 e. The number of nitrogens with one attached hydrogen (secondary N) is 2. The SMILES string of the molecule is C#CCOc1cc(CNC(=NC)NC2CCN(Cc3ccccc3)CC2)ccc1OC.I. The van der Waals surface area contributed by atoms with Crippen LogP contribution in [0, 0.1) is 12.3 Å². The summed E-state index contributed by atoms with van der Waals surface area (Å²) in [5.74, 6) is 4.61. The van der Waals surface area contributed by atoms with Crippen LogP contribution in [0.4, 0.5) is 0 Å². The Hall–Kier alpha value is -2.44. The third kappa shape index (κ3) is 7.92. The van der Waals surface area contributed by atoms with Crippen molar-refractivity contribution in [1.29, 1.82) is 0 Å². The van der Waals surface area contributed by atoms with Crippen LogP contribution >= 0.6 is 24.0 Å². The van der Waals surface area contributed by atoms with E-state index in [4.69, 9.17) is 15.9 Å². The first-order valence-corrected chi connectivity index (χ1v) is 10.7. The molecular weight excluding hydrogens is 515 g/mol. The number of likely N-dealkylation sites (tertiary alicyclic amines) is 1. The van der Waals surface area contributed by atoms with Crippen LogP contribution in [0.3, 0.4) is 0 Å². The predicted octanol–water partition coefficient (Wildman–Crippen LogP) is 3.65. The van der Waals surface area contributed by atoms with Gasteiger partial charge in [-0.15, -0.1) is 30.4 Å². The van der Waals surface area contributed by atoms with E-state index < -0.39 is 0 Å². The van der Waals surface area contributed by atoms with Crippen LogP contribution in [0.25, 0.3) is 0 Å². The van der Waals surface area contributed by atoms with Crippen molar-refractivity contribution in [3.8, 4) is 23.8 Å². The van der Waals surface area contributed by atoms with Gasteiger partial charge in [-0.1, -0.05) is 42.3 Å². The maximum atomic E-state index is 5.59. The van der Waals surface area contributed by atoms with Crippen molar-refractivity contribution >= 4 is 29.9 Å². The van der Waals surface area contributed by atoms with Crippen LogP contribution < -0.4 is 20.1 Å². The van der Waals surface area contributed by atoms with E-state index in [1.54, 1.807) is 14.2 Å². The fraction of sp³-hybridized carbons (Fsp3) is 0.400. The van der Waals surface area contributed by atoms with Gasteiger partial charge in [-0.3, -0.25) is 9.89 Å². The first kappa shape index (κ1) is 25.8. The van der Waals surface area contributed by atoms with Crippen molar-refractivity contribution in [2.45, 2.75) is 32.0 Å². The van der Waals surface area contributed by atoms with E-state index in [1.165, 1.54) is 5.56 Å². The number of aliphatic imine (C=N–C) groups is 1. The highest BCUT2D eigenvalue weighted by Crippen LogP contribution is 2.28. The van der Waals surface area contributed by atoms with Gasteiger partial charge < -0.3 is 20.1 Å². The van der Waals surface area contributed by atoms with Gasteiger partial charge in [-0.2, -0.15) is 0 Å². The van der Waals surface area contributed by atoms with Crippen molar-refractivity contribution in [3.05, 3.63) is 59.7 Å². The van der Waals surface area contributed by atoms with Gasteiger partial charge in [0.1, 0.15) is 6.61 Å². The number of halogens is 1. The van der Waals surface area contributed by atoms with Gasteiger partial charge in [0.25, 0.3) is 0 Å². The minimum absolute atomic E-state index is 0. The Morgan fingerprint density at radius 3 is 2.53 bits per heavy atom. The summed E-state index contributed by atoms with van der Waals surface area (Å²) in [5, 5.41) is 6.95. The zero-order valence-corrected chi connectivity index (χ0v) is 21.2. The number of terminal acetylenes is 1. The number of methoxy groups -OCH3 is 1. The number of ether oxygens (including phenoxy) is 2. The second-order valence-electron chi connectivity index (χ2n) is 7.58. The number of piperidine rings is 1. The molecule has 172 valence electrons. The Labute approximate surface area is 208 Å². The van der Waals surface area contributed by atoms with Gasteiger partial charge in [-0.25, -0.2) is 0 Å². The van der Waals surface area contributed by atoms with Crippen molar-refractivity contribution in [2.24, 2.45) is 4.99 Å². The van der Waals surface area contributed by atoms with Gasteiger partial charge in [0.15, 0.2) is 17.5 Å². The molecule has 0 radical (unpaired) electrons. The molecule has 7 heteroatoms. The van der Waals surface area contributed by atoms with Gasteiger partial charge >= 0.3 is 0 Å². The lowest BCUT2D eigenvalue weighted by molar-refractivity contribution is 0.198. The van der Waals surface area contributed by atoms with Gasteiger partial charge in [-0.05, 0) is 36.1 Å². The van der Waals surface area contributed by atoms with Crippen molar-refractivity contribution in [1.82, 2.24) is 15.5 Å². The summed E-state index contributed by atoms with van der Waals surface area (Å²) < 4.78 is 10.9. The van der Waals surface area contributed by atoms with Gasteiger partial charge in [0.2, 0.25) is 0 Å². The van der Waals surface area contributed by atoms with Crippen LogP contribution in [0.15, 0.2) is 53.5 Å². The number of hydrogen-bond donors (Lipinski definition) is 2. The molecule has 0 amide bonds. The molecule has 1 fully saturated rings. The normalized spacial score (nSPS) is 14.7. The lowest BCUT2D eigenvalue weighted by Crippen LogP contribution is -2.48. The zero-order chi connectivity index (χ0) is 21.9. The van der Waals surface area contributed by atoms with E-state index in [0.29, 0.717) is 24.1 Å². The Bertz CT molecular complexity index is 891. The molecule has 2 N–H and O–H groups in total. The summed E-state index contributed by atoms with van der Waals surface area (Å²) in [6.07, 6.45) is 7.50. The summed E-state index contributed by atoms with van der Waals surface area (Å²) in [6, 6.07) is 16.9. The molecule has 1 aliphatic rings. The first-order chi connectivity index (χ1) is 15.2. The summed E-state index contributed by atoms with van der Waals surface area (Å²) in [6.45, 7) is 4.01. The average Bonchev–Trinajstić information content (AvgIpc) is 2.82. The number of nitrogens with zero attached hydrogens (tertiary/aromatic N) is 2.